The Bertz CT molecular complexity index is 476. The van der Waals surface area contributed by atoms with Gasteiger partial charge in [-0.3, -0.25) is 0 Å². The highest BCUT2D eigenvalue weighted by Gasteiger charge is 2.18. The third kappa shape index (κ3) is 3.41. The second-order valence-electron chi connectivity index (χ2n) is 5.17. The van der Waals surface area contributed by atoms with Gasteiger partial charge >= 0.3 is 0 Å². The van der Waals surface area contributed by atoms with Crippen LogP contribution in [-0.2, 0) is 0 Å². The largest absolute Gasteiger partial charge is 0.409 e. The molecule has 0 radical (unpaired) electrons. The normalized spacial score (nSPS) is 21.3. The number of anilines is 1. The molecule has 1 atom stereocenters. The number of hydrogen-bond donors (Lipinski definition) is 2. The summed E-state index contributed by atoms with van der Waals surface area (Å²) in [6, 6.07) is 5.93. The van der Waals surface area contributed by atoms with Crippen molar-refractivity contribution in [3.63, 3.8) is 0 Å². The summed E-state index contributed by atoms with van der Waals surface area (Å²) in [7, 11) is 0. The van der Waals surface area contributed by atoms with E-state index in [2.05, 4.69) is 32.9 Å². The van der Waals surface area contributed by atoms with Crippen LogP contribution < -0.4 is 10.6 Å². The van der Waals surface area contributed by atoms with Crippen molar-refractivity contribution in [1.82, 2.24) is 0 Å². The number of hydrogen-bond acceptors (Lipinski definition) is 3. The van der Waals surface area contributed by atoms with Gasteiger partial charge in [-0.25, -0.2) is 0 Å². The lowest BCUT2D eigenvalue weighted by atomic mass is 10.0. The van der Waals surface area contributed by atoms with E-state index in [0.717, 1.165) is 34.7 Å². The van der Waals surface area contributed by atoms with Crippen LogP contribution in [0.4, 0.5) is 5.69 Å². The van der Waals surface area contributed by atoms with E-state index in [1.54, 1.807) is 0 Å². The van der Waals surface area contributed by atoms with E-state index in [-0.39, 0.29) is 5.84 Å². The summed E-state index contributed by atoms with van der Waals surface area (Å²) < 4.78 is 0.932. The van der Waals surface area contributed by atoms with E-state index >= 15 is 0 Å². The van der Waals surface area contributed by atoms with Gasteiger partial charge in [0.15, 0.2) is 5.84 Å². The fourth-order valence-corrected chi connectivity index (χ4v) is 2.91. The topological polar surface area (TPSA) is 61.8 Å². The number of nitrogens with two attached hydrogens (primary N) is 1. The highest BCUT2D eigenvalue weighted by molar-refractivity contribution is 9.10. The van der Waals surface area contributed by atoms with E-state index < -0.39 is 0 Å². The Morgan fingerprint density at radius 3 is 2.95 bits per heavy atom. The maximum atomic E-state index is 8.93. The van der Waals surface area contributed by atoms with E-state index in [9.17, 15) is 0 Å². The van der Waals surface area contributed by atoms with Crippen molar-refractivity contribution in [3.05, 3.63) is 28.2 Å². The molecule has 1 unspecified atom stereocenters. The molecular formula is C14H20BrN3O. The molecule has 1 aliphatic heterocycles. The molecule has 0 spiro atoms. The average Bonchev–Trinajstić information content (AvgIpc) is 2.62. The van der Waals surface area contributed by atoms with Crippen molar-refractivity contribution < 1.29 is 5.21 Å². The number of benzene rings is 1. The molecule has 1 aromatic rings. The van der Waals surface area contributed by atoms with Crippen molar-refractivity contribution in [2.45, 2.75) is 26.2 Å². The van der Waals surface area contributed by atoms with Crippen LogP contribution in [0.2, 0.25) is 0 Å². The Balaban J connectivity index is 2.33. The molecular weight excluding hydrogens is 306 g/mol. The van der Waals surface area contributed by atoms with Gasteiger partial charge in [-0.1, -0.05) is 28.0 Å². The molecule has 0 aromatic heterocycles. The summed E-state index contributed by atoms with van der Waals surface area (Å²) in [5, 5.41) is 12.1. The van der Waals surface area contributed by atoms with Crippen molar-refractivity contribution in [1.29, 1.82) is 0 Å². The molecule has 104 valence electrons. The lowest BCUT2D eigenvalue weighted by Crippen LogP contribution is -2.27. The zero-order valence-electron chi connectivity index (χ0n) is 11.1. The number of oxime groups is 1. The number of halogens is 1. The molecule has 0 amide bonds. The third-order valence-corrected chi connectivity index (χ3v) is 4.19. The van der Waals surface area contributed by atoms with Gasteiger partial charge in [0.2, 0.25) is 0 Å². The number of rotatable bonds is 2. The summed E-state index contributed by atoms with van der Waals surface area (Å²) in [6.45, 7) is 4.35. The second kappa shape index (κ2) is 6.28. The number of nitrogens with zero attached hydrogens (tertiary/aromatic N) is 2. The minimum absolute atomic E-state index is 0.161. The first-order valence-electron chi connectivity index (χ1n) is 6.64. The summed E-state index contributed by atoms with van der Waals surface area (Å²) >= 11 is 3.43. The van der Waals surface area contributed by atoms with Crippen molar-refractivity contribution in [3.8, 4) is 0 Å². The maximum absolute atomic E-state index is 8.93. The minimum atomic E-state index is 0.161. The highest BCUT2D eigenvalue weighted by atomic mass is 79.9. The van der Waals surface area contributed by atoms with Crippen LogP contribution in [0, 0.1) is 5.92 Å². The SMILES string of the molecule is CC1CCCN(c2ccc(Br)cc2/C(N)=N/O)CC1. The maximum Gasteiger partial charge on any atom is 0.172 e. The molecule has 3 N–H and O–H groups in total. The predicted molar refractivity (Wildman–Crippen MR) is 81.9 cm³/mol. The van der Waals surface area contributed by atoms with E-state index in [4.69, 9.17) is 10.9 Å². The Kier molecular flexibility index (Phi) is 4.69. The van der Waals surface area contributed by atoms with Crippen LogP contribution >= 0.6 is 15.9 Å². The van der Waals surface area contributed by atoms with Gasteiger partial charge in [-0.05, 0) is 43.4 Å². The van der Waals surface area contributed by atoms with E-state index in [0.29, 0.717) is 0 Å². The molecule has 1 aliphatic rings. The van der Waals surface area contributed by atoms with Crippen LogP contribution in [-0.4, -0.2) is 24.1 Å². The quantitative estimate of drug-likeness (QED) is 0.380. The fraction of sp³-hybridized carbons (Fsp3) is 0.500. The standard InChI is InChI=1S/C14H20BrN3O/c1-10-3-2-7-18(8-6-10)13-5-4-11(15)9-12(13)14(16)17-19/h4-5,9-10,19H,2-3,6-8H2,1H3,(H2,16,17). The van der Waals surface area contributed by atoms with Gasteiger partial charge < -0.3 is 15.8 Å². The van der Waals surface area contributed by atoms with Gasteiger partial charge in [0.1, 0.15) is 0 Å². The van der Waals surface area contributed by atoms with E-state index in [1.165, 1.54) is 19.3 Å². The Morgan fingerprint density at radius 2 is 2.21 bits per heavy atom. The first kappa shape index (κ1) is 14.2. The summed E-state index contributed by atoms with van der Waals surface area (Å²) in [6.07, 6.45) is 3.64. The molecule has 0 saturated carbocycles. The fourth-order valence-electron chi connectivity index (χ4n) is 2.55. The van der Waals surface area contributed by atoms with Crippen molar-refractivity contribution in [2.75, 3.05) is 18.0 Å². The lowest BCUT2D eigenvalue weighted by Gasteiger charge is -2.25. The summed E-state index contributed by atoms with van der Waals surface area (Å²) in [5.41, 5.74) is 7.62. The molecule has 0 aliphatic carbocycles. The van der Waals surface area contributed by atoms with Crippen LogP contribution in [0.5, 0.6) is 0 Å². The Morgan fingerprint density at radius 1 is 1.42 bits per heavy atom. The van der Waals surface area contributed by atoms with Gasteiger partial charge in [0, 0.05) is 28.8 Å². The summed E-state index contributed by atoms with van der Waals surface area (Å²) in [4.78, 5) is 2.34. The van der Waals surface area contributed by atoms with Gasteiger partial charge in [-0.2, -0.15) is 0 Å². The molecule has 1 aromatic carbocycles. The monoisotopic (exact) mass is 325 g/mol. The highest BCUT2D eigenvalue weighted by Crippen LogP contribution is 2.28. The van der Waals surface area contributed by atoms with Crippen LogP contribution in [0.3, 0.4) is 0 Å². The number of amidine groups is 1. The molecule has 2 rings (SSSR count). The molecule has 1 heterocycles. The molecule has 5 heteroatoms. The second-order valence-corrected chi connectivity index (χ2v) is 6.09. The summed E-state index contributed by atoms with van der Waals surface area (Å²) in [5.74, 6) is 0.932. The minimum Gasteiger partial charge on any atom is -0.409 e. The molecule has 19 heavy (non-hydrogen) atoms. The molecule has 0 bridgehead atoms. The Hall–Kier alpha value is -1.23. The van der Waals surface area contributed by atoms with Gasteiger partial charge in [0.25, 0.3) is 0 Å². The first-order valence-corrected chi connectivity index (χ1v) is 7.43. The van der Waals surface area contributed by atoms with Crippen LogP contribution in [0.25, 0.3) is 0 Å². The zero-order chi connectivity index (χ0) is 13.8. The van der Waals surface area contributed by atoms with Crippen molar-refractivity contribution in [2.24, 2.45) is 16.8 Å². The average molecular weight is 326 g/mol. The van der Waals surface area contributed by atoms with E-state index in [1.807, 2.05) is 18.2 Å². The first-order chi connectivity index (χ1) is 9.11. The Labute approximate surface area is 122 Å². The molecule has 1 saturated heterocycles. The zero-order valence-corrected chi connectivity index (χ0v) is 12.7. The molecule has 4 nitrogen and oxygen atoms in total. The van der Waals surface area contributed by atoms with Crippen molar-refractivity contribution >= 4 is 27.5 Å². The smallest absolute Gasteiger partial charge is 0.172 e. The van der Waals surface area contributed by atoms with Crippen LogP contribution in [0.1, 0.15) is 31.7 Å². The van der Waals surface area contributed by atoms with Crippen LogP contribution in [0.15, 0.2) is 27.8 Å². The van der Waals surface area contributed by atoms with Gasteiger partial charge in [0.05, 0.1) is 0 Å². The lowest BCUT2D eigenvalue weighted by molar-refractivity contribution is 0.318. The molecule has 1 fully saturated rings. The third-order valence-electron chi connectivity index (χ3n) is 3.70. The predicted octanol–water partition coefficient (Wildman–Crippen LogP) is 3.17. The van der Waals surface area contributed by atoms with Gasteiger partial charge in [-0.15, -0.1) is 0 Å².